The molecule has 0 aromatic heterocycles. The molecule has 0 aromatic carbocycles. The average Bonchev–Trinajstić information content (AvgIpc) is 2.59. The molecule has 0 heterocycles. The fraction of sp³-hybridized carbons (Fsp3) is 0.875. The summed E-state index contributed by atoms with van der Waals surface area (Å²) >= 11 is 0. The summed E-state index contributed by atoms with van der Waals surface area (Å²) in [7, 11) is 0. The Hall–Kier alpha value is -1.30. The SMILES string of the molecule is NCCOCCOCCN(CCOCCC(=O)O)CCOCCC(=O)O. The zero-order chi connectivity index (χ0) is 19.5. The Morgan fingerprint density at radius 1 is 0.654 bits per heavy atom. The van der Waals surface area contributed by atoms with Gasteiger partial charge in [-0.1, -0.05) is 0 Å². The van der Waals surface area contributed by atoms with Gasteiger partial charge in [-0.2, -0.15) is 0 Å². The van der Waals surface area contributed by atoms with Crippen LogP contribution in [0.2, 0.25) is 0 Å². The lowest BCUT2D eigenvalue weighted by Gasteiger charge is -2.22. The molecule has 0 rings (SSSR count). The molecule has 0 aliphatic carbocycles. The van der Waals surface area contributed by atoms with E-state index >= 15 is 0 Å². The Balaban J connectivity index is 3.87. The van der Waals surface area contributed by atoms with Gasteiger partial charge < -0.3 is 34.9 Å². The van der Waals surface area contributed by atoms with Crippen molar-refractivity contribution in [3.8, 4) is 0 Å². The second-order valence-electron chi connectivity index (χ2n) is 5.37. The number of nitrogens with two attached hydrogens (primary N) is 1. The molecule has 154 valence electrons. The van der Waals surface area contributed by atoms with Crippen LogP contribution in [-0.2, 0) is 28.5 Å². The van der Waals surface area contributed by atoms with Crippen LogP contribution in [0, 0.1) is 0 Å². The molecule has 0 radical (unpaired) electrons. The van der Waals surface area contributed by atoms with Crippen LogP contribution in [0.3, 0.4) is 0 Å². The van der Waals surface area contributed by atoms with Crippen LogP contribution in [0.5, 0.6) is 0 Å². The number of hydrogen-bond donors (Lipinski definition) is 3. The lowest BCUT2D eigenvalue weighted by molar-refractivity contribution is -0.139. The summed E-state index contributed by atoms with van der Waals surface area (Å²) < 4.78 is 21.3. The summed E-state index contributed by atoms with van der Waals surface area (Å²) in [5.41, 5.74) is 5.32. The highest BCUT2D eigenvalue weighted by Gasteiger charge is 2.06. The van der Waals surface area contributed by atoms with E-state index in [2.05, 4.69) is 4.90 Å². The third-order valence-corrected chi connectivity index (χ3v) is 3.21. The van der Waals surface area contributed by atoms with Gasteiger partial charge in [0.1, 0.15) is 0 Å². The van der Waals surface area contributed by atoms with Crippen LogP contribution in [-0.4, -0.2) is 106 Å². The van der Waals surface area contributed by atoms with Crippen molar-refractivity contribution in [2.75, 3.05) is 79.0 Å². The van der Waals surface area contributed by atoms with Crippen LogP contribution >= 0.6 is 0 Å². The van der Waals surface area contributed by atoms with E-state index in [0.29, 0.717) is 65.8 Å². The summed E-state index contributed by atoms with van der Waals surface area (Å²) in [6, 6.07) is 0. The number of carboxylic acids is 2. The molecule has 0 aliphatic rings. The Bertz CT molecular complexity index is 333. The van der Waals surface area contributed by atoms with E-state index in [1.54, 1.807) is 0 Å². The number of carboxylic acid groups (broad SMARTS) is 2. The van der Waals surface area contributed by atoms with Gasteiger partial charge in [-0.05, 0) is 0 Å². The van der Waals surface area contributed by atoms with Gasteiger partial charge >= 0.3 is 11.9 Å². The highest BCUT2D eigenvalue weighted by atomic mass is 16.5. The van der Waals surface area contributed by atoms with Crippen LogP contribution in [0.25, 0.3) is 0 Å². The van der Waals surface area contributed by atoms with Gasteiger partial charge in [-0.15, -0.1) is 0 Å². The molecule has 0 amide bonds. The number of carbonyl (C=O) groups is 2. The second kappa shape index (κ2) is 18.5. The van der Waals surface area contributed by atoms with Crippen LogP contribution < -0.4 is 5.73 Å². The lowest BCUT2D eigenvalue weighted by atomic mass is 10.4. The first kappa shape index (κ1) is 24.7. The normalized spacial score (nSPS) is 11.2. The van der Waals surface area contributed by atoms with Crippen LogP contribution in [0.15, 0.2) is 0 Å². The summed E-state index contributed by atoms with van der Waals surface area (Å²) in [5.74, 6) is -1.78. The van der Waals surface area contributed by atoms with E-state index in [0.717, 1.165) is 0 Å². The molecule has 0 saturated carbocycles. The largest absolute Gasteiger partial charge is 0.481 e. The summed E-state index contributed by atoms with van der Waals surface area (Å²) in [6.07, 6.45) is -0.0472. The van der Waals surface area contributed by atoms with Crippen LogP contribution in [0.4, 0.5) is 0 Å². The Morgan fingerprint density at radius 3 is 1.42 bits per heavy atom. The zero-order valence-electron chi connectivity index (χ0n) is 15.3. The number of aliphatic carboxylic acids is 2. The Labute approximate surface area is 154 Å². The molecular formula is C16H32N2O8. The van der Waals surface area contributed by atoms with E-state index in [-0.39, 0.29) is 26.1 Å². The fourth-order valence-corrected chi connectivity index (χ4v) is 1.84. The number of ether oxygens (including phenoxy) is 4. The first-order valence-corrected chi connectivity index (χ1v) is 8.73. The van der Waals surface area contributed by atoms with Gasteiger partial charge in [0, 0.05) is 26.2 Å². The van der Waals surface area contributed by atoms with E-state index in [9.17, 15) is 9.59 Å². The summed E-state index contributed by atoms with van der Waals surface area (Å²) in [6.45, 7) is 5.51. The van der Waals surface area contributed by atoms with E-state index in [1.807, 2.05) is 0 Å². The molecule has 10 heteroatoms. The molecule has 0 spiro atoms. The van der Waals surface area contributed by atoms with Crippen molar-refractivity contribution in [1.29, 1.82) is 0 Å². The van der Waals surface area contributed by atoms with Crippen molar-refractivity contribution < 1.29 is 38.7 Å². The lowest BCUT2D eigenvalue weighted by Crippen LogP contribution is -2.34. The minimum absolute atomic E-state index is 0.0236. The summed E-state index contributed by atoms with van der Waals surface area (Å²) in [4.78, 5) is 22.9. The average molecular weight is 380 g/mol. The predicted octanol–water partition coefficient (Wildman–Crippen LogP) is -0.737. The van der Waals surface area contributed by atoms with Crippen molar-refractivity contribution in [2.24, 2.45) is 5.73 Å². The van der Waals surface area contributed by atoms with E-state index < -0.39 is 11.9 Å². The van der Waals surface area contributed by atoms with Gasteiger partial charge in [0.05, 0.1) is 65.7 Å². The van der Waals surface area contributed by atoms with Gasteiger partial charge in [-0.25, -0.2) is 0 Å². The Kier molecular flexibility index (Phi) is 17.6. The number of rotatable bonds is 20. The molecule has 4 N–H and O–H groups in total. The topological polar surface area (TPSA) is 141 Å². The van der Waals surface area contributed by atoms with Gasteiger partial charge in [0.15, 0.2) is 0 Å². The van der Waals surface area contributed by atoms with E-state index in [1.165, 1.54) is 0 Å². The van der Waals surface area contributed by atoms with E-state index in [4.69, 9.17) is 34.9 Å². The van der Waals surface area contributed by atoms with Crippen molar-refractivity contribution in [2.45, 2.75) is 12.8 Å². The molecule has 0 saturated heterocycles. The van der Waals surface area contributed by atoms with Gasteiger partial charge in [0.2, 0.25) is 0 Å². The molecule has 0 aromatic rings. The van der Waals surface area contributed by atoms with Crippen molar-refractivity contribution >= 4 is 11.9 Å². The first-order valence-electron chi connectivity index (χ1n) is 8.73. The molecule has 0 fully saturated rings. The van der Waals surface area contributed by atoms with Crippen molar-refractivity contribution in [3.05, 3.63) is 0 Å². The van der Waals surface area contributed by atoms with Crippen LogP contribution in [0.1, 0.15) is 12.8 Å². The number of nitrogens with zero attached hydrogens (tertiary/aromatic N) is 1. The molecule has 0 unspecified atom stereocenters. The molecule has 0 aliphatic heterocycles. The molecule has 10 nitrogen and oxygen atoms in total. The van der Waals surface area contributed by atoms with Gasteiger partial charge in [0.25, 0.3) is 0 Å². The highest BCUT2D eigenvalue weighted by Crippen LogP contribution is 1.93. The van der Waals surface area contributed by atoms with Crippen molar-refractivity contribution in [3.63, 3.8) is 0 Å². The molecule has 26 heavy (non-hydrogen) atoms. The third-order valence-electron chi connectivity index (χ3n) is 3.21. The second-order valence-corrected chi connectivity index (χ2v) is 5.37. The monoisotopic (exact) mass is 380 g/mol. The maximum atomic E-state index is 10.4. The number of hydrogen-bond acceptors (Lipinski definition) is 8. The predicted molar refractivity (Wildman–Crippen MR) is 93.3 cm³/mol. The fourth-order valence-electron chi connectivity index (χ4n) is 1.84. The summed E-state index contributed by atoms with van der Waals surface area (Å²) in [5, 5.41) is 17.1. The minimum Gasteiger partial charge on any atom is -0.481 e. The maximum absolute atomic E-state index is 10.4. The molecule has 0 atom stereocenters. The van der Waals surface area contributed by atoms with Crippen molar-refractivity contribution in [1.82, 2.24) is 4.90 Å². The smallest absolute Gasteiger partial charge is 0.305 e. The standard InChI is InChI=1S/C16H32N2O8/c17-3-9-25-13-14-26-12-6-18(4-10-23-7-1-15(19)20)5-11-24-8-2-16(21)22/h1-14,17H2,(H,19,20)(H,21,22). The molecule has 0 bridgehead atoms. The molecular weight excluding hydrogens is 348 g/mol. The Morgan fingerprint density at radius 2 is 1.04 bits per heavy atom. The minimum atomic E-state index is -0.890. The third kappa shape index (κ3) is 19.0. The van der Waals surface area contributed by atoms with Gasteiger partial charge in [-0.3, -0.25) is 14.5 Å². The first-order chi connectivity index (χ1) is 12.6. The highest BCUT2D eigenvalue weighted by molar-refractivity contribution is 5.66. The quantitative estimate of drug-likeness (QED) is 0.231. The zero-order valence-corrected chi connectivity index (χ0v) is 15.3. The maximum Gasteiger partial charge on any atom is 0.305 e.